The van der Waals surface area contributed by atoms with Crippen LogP contribution < -0.4 is 0 Å². The van der Waals surface area contributed by atoms with Crippen molar-refractivity contribution in [3.05, 3.63) is 18.1 Å². The molecule has 0 fully saturated rings. The van der Waals surface area contributed by atoms with E-state index < -0.39 is 0 Å². The first kappa shape index (κ1) is 6.20. The third kappa shape index (κ3) is 1.25. The van der Waals surface area contributed by atoms with Gasteiger partial charge in [-0.25, -0.2) is 0 Å². The quantitative estimate of drug-likeness (QED) is 0.440. The summed E-state index contributed by atoms with van der Waals surface area (Å²) in [7, 11) is 0. The zero-order valence-electron chi connectivity index (χ0n) is 4.92. The van der Waals surface area contributed by atoms with E-state index in [0.717, 1.165) is 11.4 Å². The van der Waals surface area contributed by atoms with Gasteiger partial charge in [-0.05, 0) is 19.1 Å². The second kappa shape index (κ2) is 2.58. The summed E-state index contributed by atoms with van der Waals surface area (Å²) in [5.41, 5.74) is 0.755. The van der Waals surface area contributed by atoms with Gasteiger partial charge in [0.15, 0.2) is 0 Å². The van der Waals surface area contributed by atoms with Crippen molar-refractivity contribution in [1.29, 1.82) is 0 Å². The topological polar surface area (TPSA) is 25.5 Å². The van der Waals surface area contributed by atoms with Crippen LogP contribution >= 0.6 is 12.2 Å². The molecule has 0 radical (unpaired) electrons. The van der Waals surface area contributed by atoms with Gasteiger partial charge in [0.1, 0.15) is 11.4 Å². The monoisotopic (exact) mass is 139 g/mol. The van der Waals surface area contributed by atoms with Crippen molar-refractivity contribution >= 4 is 23.1 Å². The van der Waals surface area contributed by atoms with Crippen molar-refractivity contribution in [2.75, 3.05) is 0 Å². The molecule has 2 nitrogen and oxygen atoms in total. The van der Waals surface area contributed by atoms with Gasteiger partial charge in [0, 0.05) is 6.07 Å². The van der Waals surface area contributed by atoms with Crippen LogP contribution in [0, 0.1) is 6.92 Å². The molecular weight excluding hydrogens is 134 g/mol. The number of hydrogen-bond donors (Lipinski definition) is 0. The summed E-state index contributed by atoms with van der Waals surface area (Å²) in [4.78, 5) is 3.74. The molecule has 3 heteroatoms. The molecule has 46 valence electrons. The first-order chi connectivity index (χ1) is 4.34. The summed E-state index contributed by atoms with van der Waals surface area (Å²) in [5, 5.41) is 2.26. The highest BCUT2D eigenvalue weighted by Crippen LogP contribution is 2.17. The number of thiocarbonyl (C=S) groups is 1. The summed E-state index contributed by atoms with van der Waals surface area (Å²) in [6.07, 6.45) is 1.57. The predicted molar refractivity (Wildman–Crippen MR) is 38.1 cm³/mol. The van der Waals surface area contributed by atoms with Crippen molar-refractivity contribution in [2.45, 2.75) is 6.92 Å². The van der Waals surface area contributed by atoms with Gasteiger partial charge >= 0.3 is 0 Å². The Morgan fingerprint density at radius 3 is 3.00 bits per heavy atom. The lowest BCUT2D eigenvalue weighted by atomic mass is 10.4. The number of isothiocyanates is 1. The SMILES string of the molecule is Cc1occc1N=C=S. The highest BCUT2D eigenvalue weighted by molar-refractivity contribution is 7.78. The second-order valence-corrected chi connectivity index (χ2v) is 1.75. The zero-order chi connectivity index (χ0) is 6.69. The third-order valence-electron chi connectivity index (χ3n) is 0.998. The van der Waals surface area contributed by atoms with E-state index >= 15 is 0 Å². The minimum atomic E-state index is 0.755. The maximum absolute atomic E-state index is 4.94. The first-order valence-corrected chi connectivity index (χ1v) is 2.87. The lowest BCUT2D eigenvalue weighted by molar-refractivity contribution is 0.535. The van der Waals surface area contributed by atoms with Crippen molar-refractivity contribution in [3.63, 3.8) is 0 Å². The second-order valence-electron chi connectivity index (χ2n) is 1.57. The fourth-order valence-corrected chi connectivity index (χ4v) is 0.642. The molecule has 0 aliphatic heterocycles. The summed E-state index contributed by atoms with van der Waals surface area (Å²) in [6, 6.07) is 1.74. The van der Waals surface area contributed by atoms with Crippen molar-refractivity contribution in [1.82, 2.24) is 0 Å². The smallest absolute Gasteiger partial charge is 0.127 e. The van der Waals surface area contributed by atoms with Crippen LogP contribution in [0.5, 0.6) is 0 Å². The summed E-state index contributed by atoms with van der Waals surface area (Å²) in [6.45, 7) is 1.82. The fraction of sp³-hybridized carbons (Fsp3) is 0.167. The van der Waals surface area contributed by atoms with E-state index in [0.29, 0.717) is 0 Å². The minimum absolute atomic E-state index is 0.755. The van der Waals surface area contributed by atoms with Gasteiger partial charge in [-0.1, -0.05) is 0 Å². The molecular formula is C6H5NOS. The first-order valence-electron chi connectivity index (χ1n) is 2.46. The summed E-state index contributed by atoms with van der Waals surface area (Å²) < 4.78 is 4.94. The lowest BCUT2D eigenvalue weighted by Gasteiger charge is -1.80. The molecule has 1 aromatic rings. The number of furan rings is 1. The Morgan fingerprint density at radius 1 is 1.78 bits per heavy atom. The van der Waals surface area contributed by atoms with Crippen molar-refractivity contribution in [2.24, 2.45) is 4.99 Å². The Balaban J connectivity index is 3.07. The van der Waals surface area contributed by atoms with Gasteiger partial charge in [-0.2, -0.15) is 4.99 Å². The standard InChI is InChI=1S/C6H5NOS/c1-5-6(7-4-9)2-3-8-5/h2-3H,1H3. The van der Waals surface area contributed by atoms with Gasteiger partial charge in [-0.15, -0.1) is 0 Å². The van der Waals surface area contributed by atoms with Crippen molar-refractivity contribution < 1.29 is 4.42 Å². The Kier molecular flexibility index (Phi) is 1.78. The lowest BCUT2D eigenvalue weighted by Crippen LogP contribution is -1.59. The molecule has 0 atom stereocenters. The Labute approximate surface area is 58.2 Å². The maximum Gasteiger partial charge on any atom is 0.127 e. The average Bonchev–Trinajstić information content (AvgIpc) is 2.18. The molecule has 0 spiro atoms. The van der Waals surface area contributed by atoms with Gasteiger partial charge in [-0.3, -0.25) is 0 Å². The predicted octanol–water partition coefficient (Wildman–Crippen LogP) is 2.32. The molecule has 0 saturated carbocycles. The van der Waals surface area contributed by atoms with Crippen LogP contribution in [0.3, 0.4) is 0 Å². The van der Waals surface area contributed by atoms with Gasteiger partial charge < -0.3 is 4.42 Å². The van der Waals surface area contributed by atoms with E-state index in [2.05, 4.69) is 22.4 Å². The average molecular weight is 139 g/mol. The van der Waals surface area contributed by atoms with Crippen LogP contribution in [0.25, 0.3) is 0 Å². The number of aliphatic imine (C=N–C) groups is 1. The molecule has 0 N–H and O–H groups in total. The molecule has 1 heterocycles. The van der Waals surface area contributed by atoms with Crippen LogP contribution in [-0.4, -0.2) is 5.16 Å². The summed E-state index contributed by atoms with van der Waals surface area (Å²) in [5.74, 6) is 0.771. The van der Waals surface area contributed by atoms with Crippen LogP contribution in [0.2, 0.25) is 0 Å². The zero-order valence-corrected chi connectivity index (χ0v) is 5.73. The van der Waals surface area contributed by atoms with E-state index in [1.54, 1.807) is 12.3 Å². The van der Waals surface area contributed by atoms with Gasteiger partial charge in [0.25, 0.3) is 0 Å². The Bertz CT molecular complexity index is 247. The molecule has 1 aromatic heterocycles. The Morgan fingerprint density at radius 2 is 2.56 bits per heavy atom. The highest BCUT2D eigenvalue weighted by Gasteiger charge is 1.94. The maximum atomic E-state index is 4.94. The normalized spacial score (nSPS) is 8.56. The molecule has 0 aromatic carbocycles. The van der Waals surface area contributed by atoms with E-state index in [9.17, 15) is 0 Å². The fourth-order valence-electron chi connectivity index (χ4n) is 0.543. The van der Waals surface area contributed by atoms with Gasteiger partial charge in [0.05, 0.1) is 11.4 Å². The molecule has 0 unspecified atom stereocenters. The largest absolute Gasteiger partial charge is 0.467 e. The van der Waals surface area contributed by atoms with E-state index in [1.807, 2.05) is 6.92 Å². The number of hydrogen-bond acceptors (Lipinski definition) is 3. The molecule has 0 aliphatic carbocycles. The molecule has 0 aliphatic rings. The van der Waals surface area contributed by atoms with Crippen LogP contribution in [0.4, 0.5) is 5.69 Å². The molecule has 1 rings (SSSR count). The molecule has 0 amide bonds. The van der Waals surface area contributed by atoms with Crippen LogP contribution in [-0.2, 0) is 0 Å². The minimum Gasteiger partial charge on any atom is -0.467 e. The molecule has 9 heavy (non-hydrogen) atoms. The van der Waals surface area contributed by atoms with Crippen molar-refractivity contribution in [3.8, 4) is 0 Å². The third-order valence-corrected chi connectivity index (χ3v) is 1.09. The van der Waals surface area contributed by atoms with Gasteiger partial charge in [0.2, 0.25) is 0 Å². The van der Waals surface area contributed by atoms with Crippen LogP contribution in [0.1, 0.15) is 5.76 Å². The number of rotatable bonds is 1. The van der Waals surface area contributed by atoms with E-state index in [-0.39, 0.29) is 0 Å². The van der Waals surface area contributed by atoms with Crippen LogP contribution in [0.15, 0.2) is 21.7 Å². The number of aryl methyl sites for hydroxylation is 1. The summed E-state index contributed by atoms with van der Waals surface area (Å²) >= 11 is 4.40. The highest BCUT2D eigenvalue weighted by atomic mass is 32.1. The number of nitrogens with zero attached hydrogens (tertiary/aromatic N) is 1. The Hall–Kier alpha value is -0.920. The van der Waals surface area contributed by atoms with E-state index in [4.69, 9.17) is 4.42 Å². The van der Waals surface area contributed by atoms with E-state index in [1.165, 1.54) is 0 Å². The molecule has 0 saturated heterocycles. The molecule has 0 bridgehead atoms.